The van der Waals surface area contributed by atoms with Crippen molar-refractivity contribution in [2.75, 3.05) is 25.5 Å². The van der Waals surface area contributed by atoms with Gasteiger partial charge in [-0.3, -0.25) is 64.0 Å². The number of benzene rings is 6. The van der Waals surface area contributed by atoms with E-state index in [0.29, 0.717) is 10.6 Å². The first kappa shape index (κ1) is 94.1. The molecule has 0 radical (unpaired) electrons. The number of hydrazine groups is 1. The Hall–Kier alpha value is -12.0. The number of halogens is 4. The van der Waals surface area contributed by atoms with Crippen molar-refractivity contribution in [2.24, 2.45) is 17.4 Å². The van der Waals surface area contributed by atoms with Crippen molar-refractivity contribution in [3.8, 4) is 57.1 Å². The van der Waals surface area contributed by atoms with E-state index in [1.54, 1.807) is 39.0 Å². The third kappa shape index (κ3) is 21.6. The molecule has 14 rings (SSSR count). The third-order valence-corrected chi connectivity index (χ3v) is 22.8. The maximum Gasteiger partial charge on any atom is 0.349 e. The highest BCUT2D eigenvalue weighted by Crippen LogP contribution is 2.50. The molecular formula is C82H90Cl4N16O25. The number of carbonyl (C=O) groups excluding carboxylic acids is 9. The number of carbonyl (C=O) groups is 9. The van der Waals surface area contributed by atoms with Gasteiger partial charge in [0.15, 0.2) is 23.9 Å². The van der Waals surface area contributed by atoms with Crippen LogP contribution in [0.4, 0.5) is 5.82 Å². The molecule has 7 aliphatic rings. The van der Waals surface area contributed by atoms with Crippen LogP contribution in [0.25, 0.3) is 17.2 Å². The average Bonchev–Trinajstić information content (AvgIpc) is 0.767. The minimum absolute atomic E-state index is 0.0511. The molecule has 2 saturated heterocycles. The molecule has 0 aliphatic carbocycles. The number of fused-ring (bicyclic) bond motifs is 15. The molecule has 9 amide bonds. The van der Waals surface area contributed by atoms with E-state index in [-0.39, 0.29) is 59.4 Å². The van der Waals surface area contributed by atoms with Gasteiger partial charge in [0.25, 0.3) is 5.91 Å². The Labute approximate surface area is 741 Å². The average molecular weight is 1840 g/mol. The Morgan fingerprint density at radius 2 is 1.36 bits per heavy atom. The van der Waals surface area contributed by atoms with Crippen LogP contribution < -0.4 is 90.1 Å². The van der Waals surface area contributed by atoms with E-state index in [1.807, 2.05) is 0 Å². The number of aromatic hydroxyl groups is 3. The van der Waals surface area contributed by atoms with Crippen molar-refractivity contribution in [1.29, 1.82) is 5.41 Å². The van der Waals surface area contributed by atoms with Gasteiger partial charge in [-0.25, -0.2) is 4.79 Å². The number of aromatic nitrogens is 2. The fourth-order valence-corrected chi connectivity index (χ4v) is 15.7. The number of anilines is 1. The highest BCUT2D eigenvalue weighted by atomic mass is 35.5. The molecule has 2 fully saturated rings. The number of nitrogens with two attached hydrogens (primary N) is 2. The summed E-state index contributed by atoms with van der Waals surface area (Å²) in [6, 6.07) is 5.14. The number of amides is 9. The molecule has 0 saturated carbocycles. The van der Waals surface area contributed by atoms with Crippen LogP contribution in [0, 0.1) is 11.3 Å². The fraction of sp³-hybridized carbons (Fsp3) is 0.366. The van der Waals surface area contributed by atoms with Crippen LogP contribution in [0.15, 0.2) is 120 Å². The standard InChI is InChI=1S/C82H90Cl4N16O25/c1-32(2)20-46(90-5)72(114)98-63-65(109)36-9-13-50(44(85)23-36)123-52-25-38-26-53(69(52)127-79-70(68(112)67(111)54(31-103)125-79)126-58-30-82(4,71(113)33(3)122-58)91-17-19-102-18-16-56(94-81(102)121)93-57(108)15-7-34-6-11-42(83)43(84)21-34)124-51-14-10-37(24-45(51)86)66(110)64-77(119)97-62(78(120)100-101-80(88)89)41-27-39(104)28-49(106)59(41)40-22-35(8-12-48(40)105)60(74(116)99-64)96-75(117)61(38)95-73(115)47(29-55(87)107)92-76(63)118/h6-16,18,21-28,32-33,46-47,54,58,60-68,70-71,79,90-91,103-106,109-113H,17,19-20,29-31H2,1-5H3,(H2,87,107)(H,92,118)(H,95,115)(H,96,117)(H,97,119)(H,98,114)(H,99,116)(H,100,120)(H4,88,89,101)(H,93,94,108,121)/b15-7+/t33-,46+,47-,54+,58-,60+,61+,62+,63+,64-,65+,66+,67+,68-,70+,71+,79-,82-/m0/s1. The zero-order valence-electron chi connectivity index (χ0n) is 67.8. The molecule has 1 aromatic heterocycles. The molecule has 41 nitrogen and oxygen atoms in total. The largest absolute Gasteiger partial charge is 0.508 e. The van der Waals surface area contributed by atoms with Gasteiger partial charge in [0.1, 0.15) is 101 Å². The maximum absolute atomic E-state index is 16.3. The monoisotopic (exact) mass is 1840 g/mol. The lowest BCUT2D eigenvalue weighted by Gasteiger charge is -2.48. The summed E-state index contributed by atoms with van der Waals surface area (Å²) in [5, 5.41) is 137. The summed E-state index contributed by atoms with van der Waals surface area (Å²) in [5.41, 5.74) is 10.9. The van der Waals surface area contributed by atoms with Gasteiger partial charge in [0, 0.05) is 54.5 Å². The Morgan fingerprint density at radius 3 is 1.99 bits per heavy atom. The van der Waals surface area contributed by atoms with E-state index in [0.717, 1.165) is 66.7 Å². The highest BCUT2D eigenvalue weighted by molar-refractivity contribution is 6.42. The quantitative estimate of drug-likeness (QED) is 0.0222. The predicted molar refractivity (Wildman–Crippen MR) is 451 cm³/mol. The second-order valence-corrected chi connectivity index (χ2v) is 32.7. The summed E-state index contributed by atoms with van der Waals surface area (Å²) >= 11 is 26.5. The van der Waals surface area contributed by atoms with Gasteiger partial charge < -0.3 is 134 Å². The lowest BCUT2D eigenvalue weighted by molar-refractivity contribution is -0.334. The predicted octanol–water partition coefficient (Wildman–Crippen LogP) is 1.38. The first-order valence-electron chi connectivity index (χ1n) is 39.3. The summed E-state index contributed by atoms with van der Waals surface area (Å²) in [4.78, 5) is 150. The molecule has 676 valence electrons. The Bertz CT molecular complexity index is 5540. The van der Waals surface area contributed by atoms with E-state index in [2.05, 4.69) is 63.7 Å². The van der Waals surface area contributed by atoms with Crippen molar-refractivity contribution in [1.82, 2.24) is 62.9 Å². The molecule has 0 spiro atoms. The summed E-state index contributed by atoms with van der Waals surface area (Å²) in [6.07, 6.45) is -15.7. The number of hydrogen-bond donors (Lipinski definition) is 23. The van der Waals surface area contributed by atoms with Gasteiger partial charge in [-0.05, 0) is 145 Å². The van der Waals surface area contributed by atoms with Crippen LogP contribution in [0.1, 0.15) is 111 Å². The number of nitrogens with one attached hydrogen (secondary N) is 12. The van der Waals surface area contributed by atoms with E-state index < -0.39 is 265 Å². The molecule has 18 atom stereocenters. The van der Waals surface area contributed by atoms with E-state index in [4.69, 9.17) is 91.7 Å². The topological polar surface area (TPSA) is 634 Å². The second-order valence-electron chi connectivity index (χ2n) is 31.0. The normalized spacial score (nSPS) is 25.7. The number of hydrogen-bond acceptors (Lipinski definition) is 29. The molecule has 7 aliphatic heterocycles. The minimum Gasteiger partial charge on any atom is -0.508 e. The Kier molecular flexibility index (Phi) is 29.5. The van der Waals surface area contributed by atoms with Gasteiger partial charge in [-0.1, -0.05) is 84.5 Å². The van der Waals surface area contributed by atoms with Crippen molar-refractivity contribution < 1.29 is 118 Å². The zero-order valence-corrected chi connectivity index (χ0v) is 70.8. The Balaban J connectivity index is 0.994. The van der Waals surface area contributed by atoms with Gasteiger partial charge in [-0.2, -0.15) is 4.98 Å². The number of aliphatic hydroxyl groups excluding tert-OH is 6. The third-order valence-electron chi connectivity index (χ3n) is 21.4. The number of guanidine groups is 1. The van der Waals surface area contributed by atoms with Crippen LogP contribution >= 0.6 is 46.4 Å². The highest BCUT2D eigenvalue weighted by Gasteiger charge is 2.52. The van der Waals surface area contributed by atoms with E-state index in [1.165, 1.54) is 55.1 Å². The smallest absolute Gasteiger partial charge is 0.349 e. The number of ether oxygens (including phenoxy) is 6. The summed E-state index contributed by atoms with van der Waals surface area (Å²) in [6.45, 7) is 5.53. The molecule has 0 unspecified atom stereocenters. The van der Waals surface area contributed by atoms with Crippen LogP contribution in [0.5, 0.6) is 46.0 Å². The number of rotatable bonds is 20. The van der Waals surface area contributed by atoms with Gasteiger partial charge in [0.2, 0.25) is 65.3 Å². The Morgan fingerprint density at radius 1 is 0.709 bits per heavy atom. The van der Waals surface area contributed by atoms with Gasteiger partial charge in [0.05, 0.1) is 51.4 Å². The first-order valence-corrected chi connectivity index (χ1v) is 40.8. The summed E-state index contributed by atoms with van der Waals surface area (Å²) < 4.78 is 40.6. The molecule has 7 aromatic rings. The molecule has 45 heteroatoms. The first-order chi connectivity index (χ1) is 60.2. The second kappa shape index (κ2) is 39.9. The number of likely N-dealkylation sites (N-methyl/N-ethyl adjacent to an activating group) is 1. The van der Waals surface area contributed by atoms with Gasteiger partial charge >= 0.3 is 5.69 Å². The summed E-state index contributed by atoms with van der Waals surface area (Å²) in [5.74, 6) is -17.5. The minimum atomic E-state index is -2.41. The molecule has 127 heavy (non-hydrogen) atoms. The summed E-state index contributed by atoms with van der Waals surface area (Å²) in [7, 11) is 1.46. The number of primary amides is 1. The number of nitrogens with zero attached hydrogens (tertiary/aromatic N) is 2. The van der Waals surface area contributed by atoms with E-state index in [9.17, 15) is 69.9 Å². The van der Waals surface area contributed by atoms with Crippen LogP contribution in [-0.2, 0) is 63.9 Å². The molecule has 11 bridgehead atoms. The number of phenolic OH excluding ortho intramolecular Hbond substituents is 3. The molecular weight excluding hydrogens is 1750 g/mol. The van der Waals surface area contributed by atoms with E-state index >= 15 is 24.0 Å². The van der Waals surface area contributed by atoms with Gasteiger partial charge in [-0.15, -0.1) is 0 Å². The van der Waals surface area contributed by atoms with Crippen LogP contribution in [0.2, 0.25) is 20.1 Å². The van der Waals surface area contributed by atoms with Crippen molar-refractivity contribution in [2.45, 2.75) is 163 Å². The molecule has 6 aromatic carbocycles. The van der Waals surface area contributed by atoms with Crippen LogP contribution in [0.3, 0.4) is 0 Å². The SMILES string of the molecule is CN[C@H](CC(C)C)C(=O)N[C@H]1C(=O)N[C@@H](CC(N)=O)C(=O)N[C@H]2C(=O)N[C@H]3C(=O)N[C@H](C(=O)N[C@@H](C(=O)NNC(=N)N)c4cc(O)cc(O)c4-c4cc3ccc4O)[C@H](O)c3ccc(c(Cl)c3)Oc3cc2cc(c3O[C@@H]2O[C@H](CO)[C@@H](O)[C@H](O)[C@H]2O[C@H]2C[C@](C)(NCCn3ccc(NC(=O)/C=C/c4ccc(Cl)c(Cl)c4)nc3=O)[C@H](O)[C@H](C)O2)Oc2ccc(cc2Cl)[C@H]1O. The van der Waals surface area contributed by atoms with Crippen molar-refractivity contribution in [3.05, 3.63) is 179 Å². The molecule has 25 N–H and O–H groups in total. The fourth-order valence-electron chi connectivity index (χ4n) is 14.9. The zero-order chi connectivity index (χ0) is 92.1. The van der Waals surface area contributed by atoms with Crippen molar-refractivity contribution >= 4 is 117 Å². The lowest BCUT2D eigenvalue weighted by Crippen LogP contribution is -2.65. The molecule has 8 heterocycles. The van der Waals surface area contributed by atoms with Crippen molar-refractivity contribution in [3.63, 3.8) is 0 Å². The lowest BCUT2D eigenvalue weighted by atomic mass is 9.85. The number of aliphatic hydroxyl groups is 6. The number of phenols is 3. The van der Waals surface area contributed by atoms with Crippen LogP contribution in [-0.4, -0.2) is 214 Å². The maximum atomic E-state index is 16.3.